The lowest BCUT2D eigenvalue weighted by Gasteiger charge is -2.17. The molecule has 3 heteroatoms. The Morgan fingerprint density at radius 1 is 1.50 bits per heavy atom. The molecule has 0 aliphatic rings. The molecule has 0 bridgehead atoms. The van der Waals surface area contributed by atoms with Crippen LogP contribution in [0.15, 0.2) is 6.20 Å². The van der Waals surface area contributed by atoms with Gasteiger partial charge in [-0.2, -0.15) is 4.39 Å². The normalized spacial score (nSPS) is 12.1. The third kappa shape index (κ3) is 2.06. The second-order valence-corrected chi connectivity index (χ2v) is 4.32. The molecular formula is C9H15FN2. The summed E-state index contributed by atoms with van der Waals surface area (Å²) >= 11 is 0. The second-order valence-electron chi connectivity index (χ2n) is 4.32. The Labute approximate surface area is 72.4 Å². The molecule has 12 heavy (non-hydrogen) atoms. The summed E-state index contributed by atoms with van der Waals surface area (Å²) in [6, 6.07) is 0. The number of hydrogen-bond acceptors (Lipinski definition) is 1. The molecule has 1 heterocycles. The van der Waals surface area contributed by atoms with Crippen LogP contribution in [0.25, 0.3) is 0 Å². The fourth-order valence-electron chi connectivity index (χ4n) is 1.13. The van der Waals surface area contributed by atoms with Crippen LogP contribution in [0.5, 0.6) is 0 Å². The van der Waals surface area contributed by atoms with Crippen LogP contribution >= 0.6 is 0 Å². The standard InChI is InChI=1S/C9H15FN2/c1-9(2,3)5-7-6-11-8(10)12(7)4/h6H,5H2,1-4H3. The van der Waals surface area contributed by atoms with Gasteiger partial charge in [0.2, 0.25) is 0 Å². The zero-order valence-electron chi connectivity index (χ0n) is 8.06. The third-order valence-corrected chi connectivity index (χ3v) is 1.74. The summed E-state index contributed by atoms with van der Waals surface area (Å²) in [5.41, 5.74) is 1.13. The summed E-state index contributed by atoms with van der Waals surface area (Å²) in [5, 5.41) is 0. The van der Waals surface area contributed by atoms with Gasteiger partial charge in [0.25, 0.3) is 6.08 Å². The van der Waals surface area contributed by atoms with Crippen LogP contribution in [0.4, 0.5) is 4.39 Å². The van der Waals surface area contributed by atoms with Crippen LogP contribution < -0.4 is 0 Å². The van der Waals surface area contributed by atoms with Crippen molar-refractivity contribution >= 4 is 0 Å². The van der Waals surface area contributed by atoms with Gasteiger partial charge in [0.15, 0.2) is 0 Å². The monoisotopic (exact) mass is 170 g/mol. The van der Waals surface area contributed by atoms with Gasteiger partial charge < -0.3 is 4.57 Å². The second kappa shape index (κ2) is 2.88. The van der Waals surface area contributed by atoms with E-state index < -0.39 is 6.08 Å². The molecule has 1 aromatic rings. The highest BCUT2D eigenvalue weighted by molar-refractivity contribution is 5.01. The Morgan fingerprint density at radius 3 is 2.42 bits per heavy atom. The molecule has 1 aromatic heterocycles. The van der Waals surface area contributed by atoms with Gasteiger partial charge in [-0.1, -0.05) is 20.8 Å². The average molecular weight is 170 g/mol. The van der Waals surface area contributed by atoms with Crippen LogP contribution in [0.3, 0.4) is 0 Å². The Bertz CT molecular complexity index is 271. The zero-order valence-corrected chi connectivity index (χ0v) is 8.06. The van der Waals surface area contributed by atoms with Gasteiger partial charge in [-0.05, 0) is 11.8 Å². The van der Waals surface area contributed by atoms with Crippen LogP contribution in [0.2, 0.25) is 0 Å². The Kier molecular flexibility index (Phi) is 2.22. The van der Waals surface area contributed by atoms with E-state index in [4.69, 9.17) is 0 Å². The van der Waals surface area contributed by atoms with Crippen LogP contribution in [0.1, 0.15) is 26.5 Å². The third-order valence-electron chi connectivity index (χ3n) is 1.74. The Morgan fingerprint density at radius 2 is 2.08 bits per heavy atom. The fourth-order valence-corrected chi connectivity index (χ4v) is 1.13. The molecule has 0 aromatic carbocycles. The van der Waals surface area contributed by atoms with Gasteiger partial charge in [0, 0.05) is 12.7 Å². The molecule has 68 valence electrons. The average Bonchev–Trinajstić information content (AvgIpc) is 2.16. The number of rotatable bonds is 1. The highest BCUT2D eigenvalue weighted by Crippen LogP contribution is 2.20. The molecule has 0 unspecified atom stereocenters. The summed E-state index contributed by atoms with van der Waals surface area (Å²) in [6.07, 6.45) is 2.04. The van der Waals surface area contributed by atoms with Crippen molar-refractivity contribution < 1.29 is 4.39 Å². The van der Waals surface area contributed by atoms with Crippen molar-refractivity contribution in [3.63, 3.8) is 0 Å². The molecule has 0 amide bonds. The molecule has 0 saturated heterocycles. The molecular weight excluding hydrogens is 155 g/mol. The summed E-state index contributed by atoms with van der Waals surface area (Å²) in [4.78, 5) is 3.60. The molecule has 0 N–H and O–H groups in total. The summed E-state index contributed by atoms with van der Waals surface area (Å²) in [6.45, 7) is 6.37. The van der Waals surface area contributed by atoms with Crippen LogP contribution in [0, 0.1) is 11.5 Å². The fraction of sp³-hybridized carbons (Fsp3) is 0.667. The number of nitrogens with zero attached hydrogens (tertiary/aromatic N) is 2. The van der Waals surface area contributed by atoms with E-state index in [1.165, 1.54) is 4.57 Å². The largest absolute Gasteiger partial charge is 0.308 e. The van der Waals surface area contributed by atoms with Gasteiger partial charge >= 0.3 is 0 Å². The lowest BCUT2D eigenvalue weighted by Crippen LogP contribution is -2.12. The summed E-state index contributed by atoms with van der Waals surface area (Å²) in [7, 11) is 1.70. The maximum absolute atomic E-state index is 12.8. The highest BCUT2D eigenvalue weighted by Gasteiger charge is 2.15. The molecule has 0 saturated carbocycles. The number of aromatic nitrogens is 2. The number of imidazole rings is 1. The predicted molar refractivity (Wildman–Crippen MR) is 46.3 cm³/mol. The van der Waals surface area contributed by atoms with E-state index in [2.05, 4.69) is 25.8 Å². The zero-order chi connectivity index (χ0) is 9.35. The van der Waals surface area contributed by atoms with Crippen molar-refractivity contribution in [3.05, 3.63) is 18.0 Å². The smallest absolute Gasteiger partial charge is 0.289 e. The molecule has 0 spiro atoms. The van der Waals surface area contributed by atoms with E-state index in [0.717, 1.165) is 12.1 Å². The van der Waals surface area contributed by atoms with Crippen molar-refractivity contribution in [1.29, 1.82) is 0 Å². The quantitative estimate of drug-likeness (QED) is 0.631. The van der Waals surface area contributed by atoms with Crippen molar-refractivity contribution in [1.82, 2.24) is 9.55 Å². The minimum Gasteiger partial charge on any atom is -0.308 e. The predicted octanol–water partition coefficient (Wildman–Crippen LogP) is 2.15. The maximum Gasteiger partial charge on any atom is 0.289 e. The number of halogens is 1. The van der Waals surface area contributed by atoms with Crippen LogP contribution in [-0.4, -0.2) is 9.55 Å². The molecule has 0 fully saturated rings. The minimum absolute atomic E-state index is 0.181. The van der Waals surface area contributed by atoms with Crippen molar-refractivity contribution in [3.8, 4) is 0 Å². The number of hydrogen-bond donors (Lipinski definition) is 0. The van der Waals surface area contributed by atoms with E-state index in [1.54, 1.807) is 13.2 Å². The van der Waals surface area contributed by atoms with E-state index in [1.807, 2.05) is 0 Å². The van der Waals surface area contributed by atoms with E-state index in [9.17, 15) is 4.39 Å². The first kappa shape index (κ1) is 9.23. The van der Waals surface area contributed by atoms with Gasteiger partial charge in [-0.3, -0.25) is 0 Å². The lowest BCUT2D eigenvalue weighted by molar-refractivity contribution is 0.394. The van der Waals surface area contributed by atoms with E-state index in [0.29, 0.717) is 0 Å². The molecule has 0 radical (unpaired) electrons. The molecule has 2 nitrogen and oxygen atoms in total. The minimum atomic E-state index is -0.408. The van der Waals surface area contributed by atoms with Crippen LogP contribution in [-0.2, 0) is 13.5 Å². The first-order valence-corrected chi connectivity index (χ1v) is 4.06. The van der Waals surface area contributed by atoms with Gasteiger partial charge in [0.05, 0.1) is 6.20 Å². The van der Waals surface area contributed by atoms with Gasteiger partial charge in [-0.25, -0.2) is 4.98 Å². The SMILES string of the molecule is Cn1c(CC(C)(C)C)cnc1F. The first-order chi connectivity index (χ1) is 5.40. The first-order valence-electron chi connectivity index (χ1n) is 4.06. The van der Waals surface area contributed by atoms with E-state index >= 15 is 0 Å². The van der Waals surface area contributed by atoms with Gasteiger partial charge in [0.1, 0.15) is 0 Å². The highest BCUT2D eigenvalue weighted by atomic mass is 19.1. The molecule has 0 atom stereocenters. The maximum atomic E-state index is 12.8. The van der Waals surface area contributed by atoms with Crippen molar-refractivity contribution in [2.24, 2.45) is 12.5 Å². The molecule has 1 rings (SSSR count). The lowest BCUT2D eigenvalue weighted by atomic mass is 9.91. The van der Waals surface area contributed by atoms with Crippen molar-refractivity contribution in [2.45, 2.75) is 27.2 Å². The van der Waals surface area contributed by atoms with E-state index in [-0.39, 0.29) is 5.41 Å². The molecule has 0 aliphatic carbocycles. The Hall–Kier alpha value is -0.860. The summed E-state index contributed by atoms with van der Waals surface area (Å²) in [5.74, 6) is 0. The van der Waals surface area contributed by atoms with Crippen molar-refractivity contribution in [2.75, 3.05) is 0 Å². The Balaban J connectivity index is 2.83. The van der Waals surface area contributed by atoms with Gasteiger partial charge in [-0.15, -0.1) is 0 Å². The summed E-state index contributed by atoms with van der Waals surface area (Å²) < 4.78 is 14.3. The molecule has 0 aliphatic heterocycles. The topological polar surface area (TPSA) is 17.8 Å².